The zero-order valence-electron chi connectivity index (χ0n) is 7.25. The highest BCUT2D eigenvalue weighted by Gasteiger charge is 2.18. The number of aliphatic hydroxyl groups excluding tert-OH is 1. The van der Waals surface area contributed by atoms with Gasteiger partial charge in [0.25, 0.3) is 0 Å². The van der Waals surface area contributed by atoms with Crippen molar-refractivity contribution in [2.45, 2.75) is 31.8 Å². The quantitative estimate of drug-likeness (QED) is 0.508. The second-order valence-electron chi connectivity index (χ2n) is 3.00. The molecule has 0 radical (unpaired) electrons. The Morgan fingerprint density at radius 1 is 1.83 bits per heavy atom. The second kappa shape index (κ2) is 4.26. The Hall–Kier alpha value is -0.830. The molecule has 1 aliphatic carbocycles. The summed E-state index contributed by atoms with van der Waals surface area (Å²) in [7, 11) is 1.29. The van der Waals surface area contributed by atoms with Gasteiger partial charge in [0.15, 0.2) is 6.10 Å². The molecule has 0 unspecified atom stereocenters. The van der Waals surface area contributed by atoms with Crippen LogP contribution in [0.25, 0.3) is 0 Å². The van der Waals surface area contributed by atoms with Crippen LogP contribution >= 0.6 is 0 Å². The molecule has 0 fully saturated rings. The zero-order chi connectivity index (χ0) is 8.97. The largest absolute Gasteiger partial charge is 0.467 e. The lowest BCUT2D eigenvalue weighted by Crippen LogP contribution is -2.21. The van der Waals surface area contributed by atoms with Crippen LogP contribution in [0.2, 0.25) is 0 Å². The van der Waals surface area contributed by atoms with Crippen molar-refractivity contribution in [3.8, 4) is 0 Å². The monoisotopic (exact) mass is 170 g/mol. The minimum Gasteiger partial charge on any atom is -0.467 e. The molecule has 0 spiro atoms. The lowest BCUT2D eigenvalue weighted by Gasteiger charge is -2.07. The molecule has 1 N–H and O–H groups in total. The van der Waals surface area contributed by atoms with Crippen LogP contribution in [0, 0.1) is 0 Å². The molecule has 0 aromatic carbocycles. The van der Waals surface area contributed by atoms with E-state index >= 15 is 0 Å². The molecule has 0 aromatic heterocycles. The average molecular weight is 170 g/mol. The smallest absolute Gasteiger partial charge is 0.335 e. The van der Waals surface area contributed by atoms with E-state index in [2.05, 4.69) is 10.8 Å². The number of esters is 1. The molecule has 3 heteroatoms. The van der Waals surface area contributed by atoms with E-state index in [4.69, 9.17) is 0 Å². The number of methoxy groups -OCH3 is 1. The number of ether oxygens (including phenoxy) is 1. The summed E-state index contributed by atoms with van der Waals surface area (Å²) in [4.78, 5) is 10.8. The van der Waals surface area contributed by atoms with Gasteiger partial charge in [-0.2, -0.15) is 0 Å². The molecule has 0 aliphatic heterocycles. The summed E-state index contributed by atoms with van der Waals surface area (Å²) in [5.41, 5.74) is 1.17. The van der Waals surface area contributed by atoms with Crippen LogP contribution in [0.4, 0.5) is 0 Å². The fraction of sp³-hybridized carbons (Fsp3) is 0.667. The predicted octanol–water partition coefficient (Wildman–Crippen LogP) is 1.02. The summed E-state index contributed by atoms with van der Waals surface area (Å²) >= 11 is 0. The molecule has 0 amide bonds. The summed E-state index contributed by atoms with van der Waals surface area (Å²) in [6, 6.07) is 0. The van der Waals surface area contributed by atoms with Crippen molar-refractivity contribution in [3.05, 3.63) is 11.6 Å². The Labute approximate surface area is 72.0 Å². The van der Waals surface area contributed by atoms with Gasteiger partial charge in [0.05, 0.1) is 7.11 Å². The van der Waals surface area contributed by atoms with E-state index in [0.717, 1.165) is 19.3 Å². The summed E-state index contributed by atoms with van der Waals surface area (Å²) in [6.07, 6.45) is 4.78. The molecule has 1 rings (SSSR count). The molecule has 1 atom stereocenters. The van der Waals surface area contributed by atoms with E-state index in [9.17, 15) is 9.90 Å². The van der Waals surface area contributed by atoms with Gasteiger partial charge >= 0.3 is 5.97 Å². The van der Waals surface area contributed by atoms with E-state index in [1.54, 1.807) is 0 Å². The maximum atomic E-state index is 10.8. The van der Waals surface area contributed by atoms with Crippen molar-refractivity contribution >= 4 is 5.97 Å². The first-order valence-electron chi connectivity index (χ1n) is 4.18. The van der Waals surface area contributed by atoms with Crippen LogP contribution in [0.5, 0.6) is 0 Å². The van der Waals surface area contributed by atoms with E-state index in [1.807, 2.05) is 0 Å². The van der Waals surface area contributed by atoms with Crippen LogP contribution < -0.4 is 0 Å². The highest BCUT2D eigenvalue weighted by atomic mass is 16.5. The standard InChI is InChI=1S/C9H14O3/c1-12-9(11)8(10)6-7-4-2-3-5-7/h4,8,10H,2-3,5-6H2,1H3/t8-/m1/s1. The van der Waals surface area contributed by atoms with E-state index in [1.165, 1.54) is 12.7 Å². The van der Waals surface area contributed by atoms with Crippen LogP contribution in [0.3, 0.4) is 0 Å². The molecule has 0 heterocycles. The minimum absolute atomic E-state index is 0.437. The third-order valence-electron chi connectivity index (χ3n) is 2.06. The van der Waals surface area contributed by atoms with Gasteiger partial charge in [0.2, 0.25) is 0 Å². The third kappa shape index (κ3) is 2.34. The molecule has 0 bridgehead atoms. The topological polar surface area (TPSA) is 46.5 Å². The lowest BCUT2D eigenvalue weighted by atomic mass is 10.1. The van der Waals surface area contributed by atoms with Crippen molar-refractivity contribution in [2.75, 3.05) is 7.11 Å². The van der Waals surface area contributed by atoms with Gasteiger partial charge in [-0.25, -0.2) is 4.79 Å². The first kappa shape index (κ1) is 9.26. The summed E-state index contributed by atoms with van der Waals surface area (Å²) in [5.74, 6) is -0.539. The number of carbonyl (C=O) groups excluding carboxylic acids is 1. The zero-order valence-corrected chi connectivity index (χ0v) is 7.25. The Bertz CT molecular complexity index is 196. The number of carbonyl (C=O) groups is 1. The van der Waals surface area contributed by atoms with Gasteiger partial charge in [-0.15, -0.1) is 0 Å². The van der Waals surface area contributed by atoms with Gasteiger partial charge in [-0.05, 0) is 19.3 Å². The van der Waals surface area contributed by atoms with Gasteiger partial charge in [0.1, 0.15) is 0 Å². The summed E-state index contributed by atoms with van der Waals surface area (Å²) < 4.78 is 4.41. The normalized spacial score (nSPS) is 18.7. The molecule has 0 saturated heterocycles. The molecule has 1 aliphatic rings. The summed E-state index contributed by atoms with van der Waals surface area (Å²) in [6.45, 7) is 0. The first-order chi connectivity index (χ1) is 5.74. The van der Waals surface area contributed by atoms with E-state index in [0.29, 0.717) is 6.42 Å². The number of aliphatic hydroxyl groups is 1. The third-order valence-corrected chi connectivity index (χ3v) is 2.06. The maximum absolute atomic E-state index is 10.8. The molecule has 0 saturated carbocycles. The van der Waals surface area contributed by atoms with E-state index in [-0.39, 0.29) is 0 Å². The number of rotatable bonds is 3. The average Bonchev–Trinajstić information content (AvgIpc) is 2.55. The van der Waals surface area contributed by atoms with Crippen LogP contribution in [0.1, 0.15) is 25.7 Å². The van der Waals surface area contributed by atoms with Crippen LogP contribution in [-0.4, -0.2) is 24.3 Å². The van der Waals surface area contributed by atoms with Crippen molar-refractivity contribution in [3.63, 3.8) is 0 Å². The fourth-order valence-electron chi connectivity index (χ4n) is 1.39. The number of hydrogen-bond donors (Lipinski definition) is 1. The molecule has 68 valence electrons. The Balaban J connectivity index is 2.34. The van der Waals surface area contributed by atoms with Crippen molar-refractivity contribution in [1.29, 1.82) is 0 Å². The first-order valence-corrected chi connectivity index (χ1v) is 4.18. The van der Waals surface area contributed by atoms with Gasteiger partial charge in [-0.1, -0.05) is 11.6 Å². The molecular formula is C9H14O3. The molecule has 0 aromatic rings. The van der Waals surface area contributed by atoms with Crippen molar-refractivity contribution in [2.24, 2.45) is 0 Å². The number of hydrogen-bond acceptors (Lipinski definition) is 3. The molecular weight excluding hydrogens is 156 g/mol. The van der Waals surface area contributed by atoms with Gasteiger partial charge < -0.3 is 9.84 Å². The number of allylic oxidation sites excluding steroid dienone is 1. The SMILES string of the molecule is COC(=O)[C@H](O)CC1=CCCC1. The summed E-state index contributed by atoms with van der Waals surface area (Å²) in [5, 5.41) is 9.26. The van der Waals surface area contributed by atoms with Crippen LogP contribution in [0.15, 0.2) is 11.6 Å². The Morgan fingerprint density at radius 3 is 3.08 bits per heavy atom. The Kier molecular flexibility index (Phi) is 3.29. The fourth-order valence-corrected chi connectivity index (χ4v) is 1.39. The van der Waals surface area contributed by atoms with Crippen molar-refractivity contribution in [1.82, 2.24) is 0 Å². The van der Waals surface area contributed by atoms with Crippen molar-refractivity contribution < 1.29 is 14.6 Å². The highest BCUT2D eigenvalue weighted by Crippen LogP contribution is 2.21. The minimum atomic E-state index is -0.973. The van der Waals surface area contributed by atoms with Gasteiger partial charge in [0, 0.05) is 6.42 Å². The highest BCUT2D eigenvalue weighted by molar-refractivity contribution is 5.74. The Morgan fingerprint density at radius 2 is 2.58 bits per heavy atom. The lowest BCUT2D eigenvalue weighted by molar-refractivity contribution is -0.150. The second-order valence-corrected chi connectivity index (χ2v) is 3.00. The molecule has 3 nitrogen and oxygen atoms in total. The predicted molar refractivity (Wildman–Crippen MR) is 44.6 cm³/mol. The van der Waals surface area contributed by atoms with Gasteiger partial charge in [-0.3, -0.25) is 0 Å². The van der Waals surface area contributed by atoms with Crippen LogP contribution in [-0.2, 0) is 9.53 Å². The molecule has 12 heavy (non-hydrogen) atoms. The maximum Gasteiger partial charge on any atom is 0.335 e. The van der Waals surface area contributed by atoms with E-state index < -0.39 is 12.1 Å².